The Morgan fingerprint density at radius 1 is 1.00 bits per heavy atom. The van der Waals surface area contributed by atoms with Gasteiger partial charge in [0.1, 0.15) is 5.75 Å². The summed E-state index contributed by atoms with van der Waals surface area (Å²) in [5.41, 5.74) is 4.45. The van der Waals surface area contributed by atoms with Crippen LogP contribution in [-0.4, -0.2) is 12.2 Å². The number of hydrogen-bond donors (Lipinski definition) is 1. The van der Waals surface area contributed by atoms with Crippen LogP contribution in [0.3, 0.4) is 0 Å². The van der Waals surface area contributed by atoms with Gasteiger partial charge in [-0.15, -0.1) is 0 Å². The molecule has 2 aromatic carbocycles. The molecular weight excluding hydrogens is 248 g/mol. The lowest BCUT2D eigenvalue weighted by molar-refractivity contribution is 0.274. The third kappa shape index (κ3) is 3.40. The summed E-state index contributed by atoms with van der Waals surface area (Å²) in [5.74, 6) is 1.40. The largest absolute Gasteiger partial charge is 0.496 e. The van der Waals surface area contributed by atoms with Crippen LogP contribution in [0.2, 0.25) is 0 Å². The van der Waals surface area contributed by atoms with E-state index in [1.165, 1.54) is 11.1 Å². The number of methoxy groups -OCH3 is 1. The Labute approximate surface area is 121 Å². The lowest BCUT2D eigenvalue weighted by atomic mass is 9.98. The highest BCUT2D eigenvalue weighted by Crippen LogP contribution is 2.27. The highest BCUT2D eigenvalue weighted by molar-refractivity contribution is 5.66. The van der Waals surface area contributed by atoms with Crippen LogP contribution in [0.4, 0.5) is 0 Å². The molecule has 0 amide bonds. The third-order valence-corrected chi connectivity index (χ3v) is 3.39. The molecule has 0 aliphatic heterocycles. The Kier molecular flexibility index (Phi) is 4.80. The molecule has 1 N–H and O–H groups in total. The first-order valence-electron chi connectivity index (χ1n) is 7.01. The lowest BCUT2D eigenvalue weighted by Crippen LogP contribution is -1.94. The first kappa shape index (κ1) is 14.6. The SMILES string of the molecule is COc1cc(-c2ccc(CC(C)C)cc2)ccc1CO. The highest BCUT2D eigenvalue weighted by atomic mass is 16.5. The lowest BCUT2D eigenvalue weighted by Gasteiger charge is -2.10. The molecule has 0 fully saturated rings. The highest BCUT2D eigenvalue weighted by Gasteiger charge is 2.05. The van der Waals surface area contributed by atoms with E-state index >= 15 is 0 Å². The molecule has 0 aliphatic rings. The predicted octanol–water partition coefficient (Wildman–Crippen LogP) is 4.05. The maximum Gasteiger partial charge on any atom is 0.124 e. The van der Waals surface area contributed by atoms with E-state index in [0.717, 1.165) is 23.3 Å². The van der Waals surface area contributed by atoms with Crippen molar-refractivity contribution in [2.45, 2.75) is 26.9 Å². The fourth-order valence-electron chi connectivity index (χ4n) is 2.36. The maximum absolute atomic E-state index is 9.25. The molecule has 0 saturated heterocycles. The summed E-state index contributed by atoms with van der Waals surface area (Å²) in [6.45, 7) is 4.45. The van der Waals surface area contributed by atoms with Gasteiger partial charge in [0.25, 0.3) is 0 Å². The van der Waals surface area contributed by atoms with Crippen LogP contribution in [0.1, 0.15) is 25.0 Å². The Balaban J connectivity index is 2.27. The normalized spacial score (nSPS) is 10.8. The molecule has 20 heavy (non-hydrogen) atoms. The number of benzene rings is 2. The van der Waals surface area contributed by atoms with E-state index in [2.05, 4.69) is 38.1 Å². The Hall–Kier alpha value is -1.80. The van der Waals surface area contributed by atoms with Crippen molar-refractivity contribution in [3.8, 4) is 16.9 Å². The Morgan fingerprint density at radius 2 is 1.65 bits per heavy atom. The number of ether oxygens (including phenoxy) is 1. The second kappa shape index (κ2) is 6.58. The van der Waals surface area contributed by atoms with Crippen LogP contribution in [-0.2, 0) is 13.0 Å². The quantitative estimate of drug-likeness (QED) is 0.888. The van der Waals surface area contributed by atoms with E-state index in [1.807, 2.05) is 18.2 Å². The van der Waals surface area contributed by atoms with Gasteiger partial charge >= 0.3 is 0 Å². The van der Waals surface area contributed by atoms with Crippen LogP contribution >= 0.6 is 0 Å². The third-order valence-electron chi connectivity index (χ3n) is 3.39. The number of hydrogen-bond acceptors (Lipinski definition) is 2. The molecule has 2 nitrogen and oxygen atoms in total. The Bertz CT molecular complexity index is 556. The van der Waals surface area contributed by atoms with Crippen LogP contribution in [0.15, 0.2) is 42.5 Å². The minimum Gasteiger partial charge on any atom is -0.496 e. The minimum atomic E-state index is -0.00319. The predicted molar refractivity (Wildman–Crippen MR) is 82.9 cm³/mol. The van der Waals surface area contributed by atoms with Gasteiger partial charge in [-0.1, -0.05) is 50.2 Å². The fraction of sp³-hybridized carbons (Fsp3) is 0.333. The fourth-order valence-corrected chi connectivity index (χ4v) is 2.36. The molecule has 2 aromatic rings. The average molecular weight is 270 g/mol. The Morgan fingerprint density at radius 3 is 2.20 bits per heavy atom. The summed E-state index contributed by atoms with van der Waals surface area (Å²) < 4.78 is 5.31. The summed E-state index contributed by atoms with van der Waals surface area (Å²) in [7, 11) is 1.63. The molecule has 0 atom stereocenters. The average Bonchev–Trinajstić information content (AvgIpc) is 2.46. The molecule has 0 aliphatic carbocycles. The van der Waals surface area contributed by atoms with E-state index in [4.69, 9.17) is 4.74 Å². The summed E-state index contributed by atoms with van der Waals surface area (Å²) >= 11 is 0. The second-order valence-corrected chi connectivity index (χ2v) is 5.48. The first-order chi connectivity index (χ1) is 9.63. The molecule has 0 aromatic heterocycles. The van der Waals surface area contributed by atoms with Crippen molar-refractivity contribution in [3.63, 3.8) is 0 Å². The molecule has 106 valence electrons. The second-order valence-electron chi connectivity index (χ2n) is 5.48. The topological polar surface area (TPSA) is 29.5 Å². The van der Waals surface area contributed by atoms with Gasteiger partial charge in [-0.2, -0.15) is 0 Å². The molecule has 2 heteroatoms. The van der Waals surface area contributed by atoms with E-state index in [1.54, 1.807) is 7.11 Å². The summed E-state index contributed by atoms with van der Waals surface area (Å²) in [5, 5.41) is 9.25. The number of rotatable bonds is 5. The molecular formula is C18H22O2. The number of aliphatic hydroxyl groups is 1. The van der Waals surface area contributed by atoms with Crippen molar-refractivity contribution >= 4 is 0 Å². The summed E-state index contributed by atoms with van der Waals surface area (Å²) in [4.78, 5) is 0. The van der Waals surface area contributed by atoms with Gasteiger partial charge < -0.3 is 9.84 Å². The van der Waals surface area contributed by atoms with Crippen molar-refractivity contribution in [2.24, 2.45) is 5.92 Å². The standard InChI is InChI=1S/C18H22O2/c1-13(2)10-14-4-6-15(7-5-14)16-8-9-17(12-19)18(11-16)20-3/h4-9,11,13,19H,10,12H2,1-3H3. The van der Waals surface area contributed by atoms with Gasteiger partial charge in [0, 0.05) is 5.56 Å². The minimum absolute atomic E-state index is 0.00319. The van der Waals surface area contributed by atoms with Crippen molar-refractivity contribution in [1.82, 2.24) is 0 Å². The van der Waals surface area contributed by atoms with Gasteiger partial charge in [-0.05, 0) is 35.1 Å². The zero-order valence-corrected chi connectivity index (χ0v) is 12.4. The monoisotopic (exact) mass is 270 g/mol. The van der Waals surface area contributed by atoms with Crippen molar-refractivity contribution in [2.75, 3.05) is 7.11 Å². The molecule has 0 radical (unpaired) electrons. The molecule has 0 saturated carbocycles. The van der Waals surface area contributed by atoms with Gasteiger partial charge in [-0.25, -0.2) is 0 Å². The maximum atomic E-state index is 9.25. The van der Waals surface area contributed by atoms with Crippen LogP contribution in [0.5, 0.6) is 5.75 Å². The van der Waals surface area contributed by atoms with E-state index < -0.39 is 0 Å². The molecule has 0 bridgehead atoms. The van der Waals surface area contributed by atoms with Crippen LogP contribution in [0.25, 0.3) is 11.1 Å². The van der Waals surface area contributed by atoms with Gasteiger partial charge in [0.2, 0.25) is 0 Å². The van der Waals surface area contributed by atoms with E-state index in [0.29, 0.717) is 5.92 Å². The zero-order chi connectivity index (χ0) is 14.5. The van der Waals surface area contributed by atoms with E-state index in [9.17, 15) is 5.11 Å². The van der Waals surface area contributed by atoms with E-state index in [-0.39, 0.29) is 6.61 Å². The van der Waals surface area contributed by atoms with Crippen molar-refractivity contribution in [1.29, 1.82) is 0 Å². The van der Waals surface area contributed by atoms with Gasteiger partial charge in [0.15, 0.2) is 0 Å². The van der Waals surface area contributed by atoms with Gasteiger partial charge in [0.05, 0.1) is 13.7 Å². The summed E-state index contributed by atoms with van der Waals surface area (Å²) in [6, 6.07) is 14.6. The molecule has 2 rings (SSSR count). The zero-order valence-electron chi connectivity index (χ0n) is 12.4. The smallest absolute Gasteiger partial charge is 0.124 e. The molecule has 0 heterocycles. The first-order valence-corrected chi connectivity index (χ1v) is 7.01. The van der Waals surface area contributed by atoms with Crippen LogP contribution < -0.4 is 4.74 Å². The summed E-state index contributed by atoms with van der Waals surface area (Å²) in [6.07, 6.45) is 1.10. The van der Waals surface area contributed by atoms with Crippen LogP contribution in [0, 0.1) is 5.92 Å². The van der Waals surface area contributed by atoms with Crippen molar-refractivity contribution in [3.05, 3.63) is 53.6 Å². The van der Waals surface area contributed by atoms with Crippen molar-refractivity contribution < 1.29 is 9.84 Å². The number of aliphatic hydroxyl groups excluding tert-OH is 1. The molecule has 0 unspecified atom stereocenters. The van der Waals surface area contributed by atoms with Gasteiger partial charge in [-0.3, -0.25) is 0 Å². The molecule has 0 spiro atoms.